The highest BCUT2D eigenvalue weighted by molar-refractivity contribution is 6.04. The van der Waals surface area contributed by atoms with Gasteiger partial charge in [-0.2, -0.15) is 0 Å². The van der Waals surface area contributed by atoms with Crippen molar-refractivity contribution >= 4 is 17.9 Å². The van der Waals surface area contributed by atoms with Crippen LogP contribution in [0.4, 0.5) is 9.18 Å². The molecule has 25 heavy (non-hydrogen) atoms. The number of guanidine groups is 1. The van der Waals surface area contributed by atoms with Crippen molar-refractivity contribution < 1.29 is 19.1 Å². The number of hydrogen-bond donors (Lipinski definition) is 3. The van der Waals surface area contributed by atoms with Crippen LogP contribution in [0, 0.1) is 5.82 Å². The molecule has 2 fully saturated rings. The van der Waals surface area contributed by atoms with Crippen LogP contribution in [-0.2, 0) is 11.3 Å². The van der Waals surface area contributed by atoms with E-state index in [0.29, 0.717) is 12.5 Å². The van der Waals surface area contributed by atoms with Crippen molar-refractivity contribution in [3.8, 4) is 0 Å². The number of hydrogen-bond acceptors (Lipinski definition) is 4. The molecule has 1 aromatic rings. The first-order chi connectivity index (χ1) is 11.9. The van der Waals surface area contributed by atoms with E-state index in [4.69, 9.17) is 0 Å². The summed E-state index contributed by atoms with van der Waals surface area (Å²) in [6.07, 6.45) is -1.20. The number of halogens is 1. The fourth-order valence-electron chi connectivity index (χ4n) is 2.90. The molecule has 3 atom stereocenters. The number of carbonyl (C=O) groups is 2. The molecule has 1 aromatic carbocycles. The van der Waals surface area contributed by atoms with Crippen LogP contribution in [0.15, 0.2) is 29.3 Å². The minimum absolute atomic E-state index is 0.154. The fraction of sp³-hybridized carbons (Fsp3) is 0.438. The molecule has 0 saturated carbocycles. The van der Waals surface area contributed by atoms with E-state index in [1.54, 1.807) is 31.0 Å². The van der Waals surface area contributed by atoms with E-state index in [9.17, 15) is 19.1 Å². The van der Waals surface area contributed by atoms with Gasteiger partial charge in [0.25, 0.3) is 5.91 Å². The Morgan fingerprint density at radius 1 is 1.32 bits per heavy atom. The van der Waals surface area contributed by atoms with E-state index in [2.05, 4.69) is 15.6 Å². The minimum Gasteiger partial charge on any atom is -0.391 e. The van der Waals surface area contributed by atoms with Gasteiger partial charge in [0.2, 0.25) is 0 Å². The predicted octanol–water partition coefficient (Wildman–Crippen LogP) is -0.156. The number of benzene rings is 1. The molecule has 0 bridgehead atoms. The van der Waals surface area contributed by atoms with E-state index in [0.717, 1.165) is 5.56 Å². The van der Waals surface area contributed by atoms with Crippen molar-refractivity contribution in [3.63, 3.8) is 0 Å². The van der Waals surface area contributed by atoms with E-state index in [-0.39, 0.29) is 12.4 Å². The lowest BCUT2D eigenvalue weighted by atomic mass is 10.1. The summed E-state index contributed by atoms with van der Waals surface area (Å²) in [5.41, 5.74) is 0.793. The summed E-state index contributed by atoms with van der Waals surface area (Å²) in [5, 5.41) is 14.9. The highest BCUT2D eigenvalue weighted by atomic mass is 19.1. The average molecular weight is 349 g/mol. The number of rotatable bonds is 4. The number of carbonyl (C=O) groups excluding carboxylic acids is 2. The van der Waals surface area contributed by atoms with Gasteiger partial charge < -0.3 is 20.2 Å². The van der Waals surface area contributed by atoms with Crippen LogP contribution in [0.1, 0.15) is 12.5 Å². The number of imide groups is 1. The summed E-state index contributed by atoms with van der Waals surface area (Å²) in [6.45, 7) is 2.07. The number of aliphatic imine (C=N–C) groups is 1. The smallest absolute Gasteiger partial charge is 0.325 e. The van der Waals surface area contributed by atoms with Gasteiger partial charge in [-0.1, -0.05) is 12.1 Å². The molecule has 0 aromatic heterocycles. The molecule has 2 saturated heterocycles. The molecule has 0 spiro atoms. The number of aliphatic hydroxyl groups is 1. The highest BCUT2D eigenvalue weighted by Crippen LogP contribution is 2.23. The lowest BCUT2D eigenvalue weighted by Crippen LogP contribution is -2.64. The molecule has 2 aliphatic rings. The van der Waals surface area contributed by atoms with E-state index < -0.39 is 30.2 Å². The Hall–Kier alpha value is -2.68. The molecule has 3 rings (SSSR count). The quantitative estimate of drug-likeness (QED) is 0.702. The maximum atomic E-state index is 13.1. The van der Waals surface area contributed by atoms with Gasteiger partial charge in [0.05, 0.1) is 12.6 Å². The summed E-state index contributed by atoms with van der Waals surface area (Å²) >= 11 is 0. The zero-order valence-corrected chi connectivity index (χ0v) is 13.9. The number of amides is 3. The second kappa shape index (κ2) is 6.67. The third kappa shape index (κ3) is 3.41. The van der Waals surface area contributed by atoms with Gasteiger partial charge in [-0.25, -0.2) is 9.18 Å². The molecular weight excluding hydrogens is 329 g/mol. The van der Waals surface area contributed by atoms with Gasteiger partial charge >= 0.3 is 6.03 Å². The molecule has 134 valence electrons. The summed E-state index contributed by atoms with van der Waals surface area (Å²) in [4.78, 5) is 31.6. The van der Waals surface area contributed by atoms with Crippen LogP contribution in [0.5, 0.6) is 0 Å². The standard InChI is InChI=1S/C16H20FN5O3/c1-9(23)7-18-15-19-13-12(14(24)20-16(25)21(13)2)22(15)8-10-3-5-11(17)6-4-10/h3-6,9,12-13,23H,7-8H2,1-2H3,(H,18,19)(H,20,24,25). The lowest BCUT2D eigenvalue weighted by molar-refractivity contribution is -0.127. The van der Waals surface area contributed by atoms with Gasteiger partial charge in [0, 0.05) is 13.6 Å². The summed E-state index contributed by atoms with van der Waals surface area (Å²) < 4.78 is 13.1. The second-order valence-corrected chi connectivity index (χ2v) is 6.21. The molecule has 3 amide bonds. The van der Waals surface area contributed by atoms with Gasteiger partial charge in [0.15, 0.2) is 12.0 Å². The SMILES string of the molecule is CC(O)CN=C1NC2C(C(=O)NC(=O)N2C)N1Cc1ccc(F)cc1. The second-order valence-electron chi connectivity index (χ2n) is 6.21. The zero-order valence-electron chi connectivity index (χ0n) is 13.9. The largest absolute Gasteiger partial charge is 0.391 e. The first-order valence-electron chi connectivity index (χ1n) is 7.94. The maximum Gasteiger partial charge on any atom is 0.325 e. The van der Waals surface area contributed by atoms with Gasteiger partial charge in [-0.05, 0) is 24.6 Å². The summed E-state index contributed by atoms with van der Waals surface area (Å²) in [7, 11) is 1.58. The Labute approximate surface area is 144 Å². The number of urea groups is 1. The Bertz CT molecular complexity index is 706. The van der Waals surface area contributed by atoms with Crippen LogP contribution in [0.25, 0.3) is 0 Å². The lowest BCUT2D eigenvalue weighted by Gasteiger charge is -2.35. The van der Waals surface area contributed by atoms with Crippen molar-refractivity contribution in [3.05, 3.63) is 35.6 Å². The van der Waals surface area contributed by atoms with E-state index in [1.165, 1.54) is 17.0 Å². The first kappa shape index (κ1) is 17.2. The highest BCUT2D eigenvalue weighted by Gasteiger charge is 2.49. The molecule has 2 heterocycles. The Kier molecular flexibility index (Phi) is 4.58. The van der Waals surface area contributed by atoms with Crippen LogP contribution in [0.2, 0.25) is 0 Å². The maximum absolute atomic E-state index is 13.1. The van der Waals surface area contributed by atoms with Crippen LogP contribution in [-0.4, -0.2) is 64.7 Å². The predicted molar refractivity (Wildman–Crippen MR) is 87.9 cm³/mol. The topological polar surface area (TPSA) is 97.3 Å². The molecule has 3 N–H and O–H groups in total. The van der Waals surface area contributed by atoms with Crippen molar-refractivity contribution in [1.29, 1.82) is 0 Å². The molecule has 0 aliphatic carbocycles. The minimum atomic E-state index is -0.666. The van der Waals surface area contributed by atoms with Crippen LogP contribution >= 0.6 is 0 Å². The van der Waals surface area contributed by atoms with Crippen LogP contribution in [0.3, 0.4) is 0 Å². The molecule has 2 aliphatic heterocycles. The van der Waals surface area contributed by atoms with Crippen molar-refractivity contribution in [1.82, 2.24) is 20.4 Å². The molecule has 0 radical (unpaired) electrons. The summed E-state index contributed by atoms with van der Waals surface area (Å²) in [5.74, 6) is -0.355. The zero-order chi connectivity index (χ0) is 18.1. The Morgan fingerprint density at radius 3 is 2.64 bits per heavy atom. The summed E-state index contributed by atoms with van der Waals surface area (Å²) in [6, 6.07) is 4.80. The number of aliphatic hydroxyl groups excluding tert-OH is 1. The van der Waals surface area contributed by atoms with E-state index >= 15 is 0 Å². The fourth-order valence-corrected chi connectivity index (χ4v) is 2.90. The Balaban J connectivity index is 1.91. The van der Waals surface area contributed by atoms with Gasteiger partial charge in [-0.3, -0.25) is 15.1 Å². The molecule has 8 nitrogen and oxygen atoms in total. The first-order valence-corrected chi connectivity index (χ1v) is 7.94. The molecular formula is C16H20FN5O3. The average Bonchev–Trinajstić information content (AvgIpc) is 2.92. The number of fused-ring (bicyclic) bond motifs is 1. The third-order valence-corrected chi connectivity index (χ3v) is 4.19. The number of likely N-dealkylation sites (N-methyl/N-ethyl adjacent to an activating group) is 1. The van der Waals surface area contributed by atoms with Crippen molar-refractivity contribution in [2.24, 2.45) is 4.99 Å². The number of nitrogens with one attached hydrogen (secondary N) is 2. The van der Waals surface area contributed by atoms with Crippen LogP contribution < -0.4 is 10.6 Å². The molecule has 9 heteroatoms. The van der Waals surface area contributed by atoms with Crippen molar-refractivity contribution in [2.45, 2.75) is 31.8 Å². The molecule has 3 unspecified atom stereocenters. The Morgan fingerprint density at radius 2 is 2.00 bits per heavy atom. The number of nitrogens with zero attached hydrogens (tertiary/aromatic N) is 3. The third-order valence-electron chi connectivity index (χ3n) is 4.19. The van der Waals surface area contributed by atoms with Gasteiger partial charge in [0.1, 0.15) is 12.0 Å². The normalized spacial score (nSPS) is 25.7. The van der Waals surface area contributed by atoms with Crippen molar-refractivity contribution in [2.75, 3.05) is 13.6 Å². The monoisotopic (exact) mass is 349 g/mol. The van der Waals surface area contributed by atoms with Gasteiger partial charge in [-0.15, -0.1) is 0 Å². The van der Waals surface area contributed by atoms with E-state index in [1.807, 2.05) is 0 Å².